The fourth-order valence-corrected chi connectivity index (χ4v) is 4.09. The molecule has 2 heterocycles. The van der Waals surface area contributed by atoms with Crippen LogP contribution in [0.1, 0.15) is 37.9 Å². The molecule has 1 N–H and O–H groups in total. The van der Waals surface area contributed by atoms with E-state index in [2.05, 4.69) is 9.97 Å². The van der Waals surface area contributed by atoms with Gasteiger partial charge in [-0.15, -0.1) is 0 Å². The van der Waals surface area contributed by atoms with E-state index in [1.807, 2.05) is 6.92 Å². The Kier molecular flexibility index (Phi) is 4.68. The molecule has 24 heavy (non-hydrogen) atoms. The van der Waals surface area contributed by atoms with Gasteiger partial charge in [0, 0.05) is 37.1 Å². The van der Waals surface area contributed by atoms with E-state index in [9.17, 15) is 13.5 Å². The van der Waals surface area contributed by atoms with Gasteiger partial charge in [-0.25, -0.2) is 18.4 Å². The van der Waals surface area contributed by atoms with Crippen molar-refractivity contribution in [3.63, 3.8) is 0 Å². The third-order valence-corrected chi connectivity index (χ3v) is 6.22. The van der Waals surface area contributed by atoms with Crippen molar-refractivity contribution in [2.45, 2.75) is 43.6 Å². The topological polar surface area (TPSA) is 89.4 Å². The van der Waals surface area contributed by atoms with E-state index in [0.29, 0.717) is 41.2 Å². The zero-order valence-corrected chi connectivity index (χ0v) is 15.0. The van der Waals surface area contributed by atoms with Gasteiger partial charge in [0.25, 0.3) is 0 Å². The number of aromatic nitrogens is 2. The van der Waals surface area contributed by atoms with Crippen LogP contribution in [0.5, 0.6) is 5.88 Å². The number of aliphatic hydroxyl groups excluding tert-OH is 1. The predicted molar refractivity (Wildman–Crippen MR) is 92.1 cm³/mol. The van der Waals surface area contributed by atoms with E-state index < -0.39 is 15.9 Å². The third kappa shape index (κ3) is 3.34. The fourth-order valence-electron chi connectivity index (χ4n) is 2.81. The van der Waals surface area contributed by atoms with Crippen LogP contribution in [0.15, 0.2) is 18.5 Å². The Labute approximate surface area is 145 Å². The number of halogens is 1. The van der Waals surface area contributed by atoms with E-state index in [1.54, 1.807) is 18.5 Å². The summed E-state index contributed by atoms with van der Waals surface area (Å²) in [7, 11) is -3.02. The van der Waals surface area contributed by atoms with Crippen LogP contribution in [-0.2, 0) is 9.84 Å². The zero-order chi connectivity index (χ0) is 17.5. The van der Waals surface area contributed by atoms with Crippen LogP contribution in [0.3, 0.4) is 0 Å². The molecule has 1 saturated carbocycles. The monoisotopic (exact) mass is 370 g/mol. The minimum Gasteiger partial charge on any atom is -0.474 e. The maximum absolute atomic E-state index is 11.5. The molecule has 0 bridgehead atoms. The van der Waals surface area contributed by atoms with Gasteiger partial charge in [-0.1, -0.05) is 18.5 Å². The van der Waals surface area contributed by atoms with Crippen molar-refractivity contribution in [3.8, 4) is 5.88 Å². The first kappa shape index (κ1) is 17.4. The molecule has 0 radical (unpaired) electrons. The zero-order valence-electron chi connectivity index (χ0n) is 13.4. The van der Waals surface area contributed by atoms with Crippen molar-refractivity contribution in [2.24, 2.45) is 0 Å². The van der Waals surface area contributed by atoms with Crippen molar-refractivity contribution >= 4 is 32.2 Å². The minimum absolute atomic E-state index is 0.182. The Balaban J connectivity index is 1.90. The van der Waals surface area contributed by atoms with Gasteiger partial charge in [-0.3, -0.25) is 0 Å². The van der Waals surface area contributed by atoms with Gasteiger partial charge in [0.05, 0.1) is 16.7 Å². The molecule has 1 atom stereocenters. The summed E-state index contributed by atoms with van der Waals surface area (Å²) in [6.07, 6.45) is 5.03. The minimum atomic E-state index is -3.02. The number of pyridine rings is 2. The lowest BCUT2D eigenvalue weighted by Crippen LogP contribution is -2.42. The standard InChI is InChI=1S/C16H19ClN2O4S/c1-3-14(20)12-7-19-16(13-8-18-15(17)6-11(12)13)23-9-4-10(5-9)24(2,21)22/h6-10,14,20H,3-5H2,1-2H3/t9?,10?,14-/m0/s1. The largest absolute Gasteiger partial charge is 0.474 e. The van der Waals surface area contributed by atoms with Gasteiger partial charge in [-0.05, 0) is 17.9 Å². The number of sulfone groups is 1. The maximum atomic E-state index is 11.5. The smallest absolute Gasteiger partial charge is 0.223 e. The summed E-state index contributed by atoms with van der Waals surface area (Å²) >= 11 is 5.98. The van der Waals surface area contributed by atoms with Crippen LogP contribution in [0, 0.1) is 0 Å². The number of hydrogen-bond acceptors (Lipinski definition) is 6. The molecule has 0 aromatic carbocycles. The van der Waals surface area contributed by atoms with Gasteiger partial charge in [0.2, 0.25) is 5.88 Å². The highest BCUT2D eigenvalue weighted by atomic mass is 35.5. The first-order valence-electron chi connectivity index (χ1n) is 7.77. The maximum Gasteiger partial charge on any atom is 0.223 e. The van der Waals surface area contributed by atoms with Crippen molar-refractivity contribution in [1.82, 2.24) is 9.97 Å². The molecular formula is C16H19ClN2O4S. The predicted octanol–water partition coefficient (Wildman–Crippen LogP) is 2.68. The Morgan fingerprint density at radius 2 is 2.04 bits per heavy atom. The van der Waals surface area contributed by atoms with Crippen LogP contribution >= 0.6 is 11.6 Å². The Morgan fingerprint density at radius 1 is 1.33 bits per heavy atom. The normalized spacial score (nSPS) is 22.2. The fraction of sp³-hybridized carbons (Fsp3) is 0.500. The third-order valence-electron chi connectivity index (χ3n) is 4.41. The van der Waals surface area contributed by atoms with Crippen LogP contribution in [-0.4, -0.2) is 41.1 Å². The molecule has 130 valence electrons. The van der Waals surface area contributed by atoms with Crippen molar-refractivity contribution in [1.29, 1.82) is 0 Å². The summed E-state index contributed by atoms with van der Waals surface area (Å²) in [5.41, 5.74) is 0.673. The Hall–Kier alpha value is -1.44. The molecule has 1 aliphatic carbocycles. The average Bonchev–Trinajstić information content (AvgIpc) is 2.47. The molecule has 2 aromatic heterocycles. The number of rotatable bonds is 5. The summed E-state index contributed by atoms with van der Waals surface area (Å²) < 4.78 is 28.8. The lowest BCUT2D eigenvalue weighted by atomic mass is 9.95. The van der Waals surface area contributed by atoms with Gasteiger partial charge in [-0.2, -0.15) is 0 Å². The molecule has 2 aromatic rings. The lowest BCUT2D eigenvalue weighted by molar-refractivity contribution is 0.119. The molecule has 8 heteroatoms. The number of nitrogens with zero attached hydrogens (tertiary/aromatic N) is 2. The first-order chi connectivity index (χ1) is 11.3. The van der Waals surface area contributed by atoms with E-state index in [1.165, 1.54) is 6.26 Å². The molecule has 0 amide bonds. The Bertz CT molecular complexity index is 866. The number of aliphatic hydroxyl groups is 1. The number of hydrogen-bond donors (Lipinski definition) is 1. The quantitative estimate of drug-likeness (QED) is 0.814. The second-order valence-electron chi connectivity index (χ2n) is 6.16. The molecule has 3 rings (SSSR count). The van der Waals surface area contributed by atoms with Gasteiger partial charge in [0.1, 0.15) is 11.3 Å². The summed E-state index contributed by atoms with van der Waals surface area (Å²) in [5.74, 6) is 0.387. The molecule has 1 fully saturated rings. The molecular weight excluding hydrogens is 352 g/mol. The van der Waals surface area contributed by atoms with E-state index >= 15 is 0 Å². The highest BCUT2D eigenvalue weighted by Gasteiger charge is 2.38. The Morgan fingerprint density at radius 3 is 2.67 bits per heavy atom. The van der Waals surface area contributed by atoms with Crippen LogP contribution < -0.4 is 4.74 Å². The second kappa shape index (κ2) is 6.46. The SMILES string of the molecule is CC[C@H](O)c1cnc(OC2CC(S(C)(=O)=O)C2)c2cnc(Cl)cc12. The van der Waals surface area contributed by atoms with Crippen LogP contribution in [0.2, 0.25) is 5.15 Å². The van der Waals surface area contributed by atoms with Crippen molar-refractivity contribution in [2.75, 3.05) is 6.26 Å². The van der Waals surface area contributed by atoms with E-state index in [0.717, 1.165) is 5.39 Å². The summed E-state index contributed by atoms with van der Waals surface area (Å²) in [6, 6.07) is 1.68. The molecule has 1 aliphatic rings. The van der Waals surface area contributed by atoms with Crippen LogP contribution in [0.25, 0.3) is 10.8 Å². The van der Waals surface area contributed by atoms with Crippen molar-refractivity contribution in [3.05, 3.63) is 29.2 Å². The molecule has 0 saturated heterocycles. The second-order valence-corrected chi connectivity index (χ2v) is 8.87. The lowest BCUT2D eigenvalue weighted by Gasteiger charge is -2.33. The average molecular weight is 371 g/mol. The van der Waals surface area contributed by atoms with E-state index in [-0.39, 0.29) is 11.4 Å². The number of ether oxygens (including phenoxy) is 1. The van der Waals surface area contributed by atoms with Gasteiger partial charge < -0.3 is 9.84 Å². The highest BCUT2D eigenvalue weighted by Crippen LogP contribution is 2.35. The van der Waals surface area contributed by atoms with Crippen LogP contribution in [0.4, 0.5) is 0 Å². The molecule has 0 aliphatic heterocycles. The molecule has 6 nitrogen and oxygen atoms in total. The van der Waals surface area contributed by atoms with Gasteiger partial charge in [0.15, 0.2) is 9.84 Å². The molecule has 0 spiro atoms. The number of fused-ring (bicyclic) bond motifs is 1. The highest BCUT2D eigenvalue weighted by molar-refractivity contribution is 7.91. The summed E-state index contributed by atoms with van der Waals surface area (Å²) in [5, 5.41) is 11.5. The van der Waals surface area contributed by atoms with E-state index in [4.69, 9.17) is 16.3 Å². The first-order valence-corrected chi connectivity index (χ1v) is 10.1. The summed E-state index contributed by atoms with van der Waals surface area (Å²) in [4.78, 5) is 8.37. The van der Waals surface area contributed by atoms with Gasteiger partial charge >= 0.3 is 0 Å². The summed E-state index contributed by atoms with van der Waals surface area (Å²) in [6.45, 7) is 1.88. The molecule has 0 unspecified atom stereocenters. The van der Waals surface area contributed by atoms with Crippen molar-refractivity contribution < 1.29 is 18.3 Å².